The molecule has 9 nitrogen and oxygen atoms in total. The first-order valence-corrected chi connectivity index (χ1v) is 12.2. The minimum absolute atomic E-state index is 0.00573. The van der Waals surface area contributed by atoms with Gasteiger partial charge in [-0.3, -0.25) is 19.7 Å². The lowest BCUT2D eigenvalue weighted by Crippen LogP contribution is -2.18. The summed E-state index contributed by atoms with van der Waals surface area (Å²) in [6, 6.07) is 11.8. The summed E-state index contributed by atoms with van der Waals surface area (Å²) in [4.78, 5) is 47.6. The number of amides is 2. The number of anilines is 2. The molecule has 0 aromatic heterocycles. The molecule has 0 aliphatic heterocycles. The van der Waals surface area contributed by atoms with Gasteiger partial charge in [-0.2, -0.15) is 0 Å². The molecule has 0 saturated heterocycles. The number of carboxylic acid groups (broad SMARTS) is 1. The molecule has 0 atom stereocenters. The number of hydrogen-bond acceptors (Lipinski definition) is 6. The van der Waals surface area contributed by atoms with Crippen molar-refractivity contribution in [3.05, 3.63) is 89.9 Å². The molecule has 0 spiro atoms. The number of carboxylic acids is 1. The van der Waals surface area contributed by atoms with Crippen molar-refractivity contribution in [2.45, 2.75) is 4.90 Å². The van der Waals surface area contributed by atoms with E-state index in [-0.39, 0.29) is 38.1 Å². The predicted molar refractivity (Wildman–Crippen MR) is 140 cm³/mol. The van der Waals surface area contributed by atoms with E-state index in [4.69, 9.17) is 46.4 Å². The summed E-state index contributed by atoms with van der Waals surface area (Å²) in [5, 5.41) is 24.0. The van der Waals surface area contributed by atoms with Gasteiger partial charge in [-0.25, -0.2) is 4.79 Å². The van der Waals surface area contributed by atoms with E-state index >= 15 is 0 Å². The number of aromatic carboxylic acids is 1. The zero-order valence-electron chi connectivity index (χ0n) is 17.7. The quantitative estimate of drug-likeness (QED) is 0.0855. The molecular weight excluding hydrogens is 576 g/mol. The molecule has 0 bridgehead atoms. The summed E-state index contributed by atoms with van der Waals surface area (Å²) < 4.78 is 0. The molecule has 14 heteroatoms. The number of nitrogens with zero attached hydrogens (tertiary/aromatic N) is 1. The van der Waals surface area contributed by atoms with E-state index in [9.17, 15) is 29.6 Å². The highest BCUT2D eigenvalue weighted by Gasteiger charge is 2.29. The van der Waals surface area contributed by atoms with E-state index in [1.165, 1.54) is 24.3 Å². The highest BCUT2D eigenvalue weighted by atomic mass is 35.5. The smallest absolute Gasteiger partial charge is 0.338 e. The Hall–Kier alpha value is -3.02. The fourth-order valence-electron chi connectivity index (χ4n) is 2.92. The van der Waals surface area contributed by atoms with Crippen LogP contribution >= 0.6 is 58.2 Å². The van der Waals surface area contributed by atoms with Crippen molar-refractivity contribution in [2.24, 2.45) is 0 Å². The van der Waals surface area contributed by atoms with Crippen molar-refractivity contribution < 1.29 is 24.4 Å². The van der Waals surface area contributed by atoms with Gasteiger partial charge < -0.3 is 15.7 Å². The number of non-ortho nitro benzene ring substituents is 1. The molecule has 0 aliphatic rings. The normalized spacial score (nSPS) is 10.6. The second kappa shape index (κ2) is 11.8. The third-order valence-electron chi connectivity index (χ3n) is 4.53. The Morgan fingerprint density at radius 3 is 2.06 bits per heavy atom. The second-order valence-electron chi connectivity index (χ2n) is 6.93. The fraction of sp³-hybridized carbons (Fsp3) is 0.0455. The molecule has 3 aromatic carbocycles. The zero-order valence-corrected chi connectivity index (χ0v) is 21.5. The first-order valence-electron chi connectivity index (χ1n) is 9.67. The van der Waals surface area contributed by atoms with Crippen molar-refractivity contribution in [3.8, 4) is 0 Å². The maximum Gasteiger partial charge on any atom is 0.338 e. The molecule has 0 heterocycles. The van der Waals surface area contributed by atoms with Gasteiger partial charge in [-0.05, 0) is 30.3 Å². The second-order valence-corrected chi connectivity index (χ2v) is 9.49. The lowest BCUT2D eigenvalue weighted by molar-refractivity contribution is -0.384. The van der Waals surface area contributed by atoms with E-state index in [1.807, 2.05) is 0 Å². The van der Waals surface area contributed by atoms with Crippen LogP contribution in [0.5, 0.6) is 0 Å². The fourth-order valence-corrected chi connectivity index (χ4v) is 4.69. The number of nitro benzene ring substituents is 1. The summed E-state index contributed by atoms with van der Waals surface area (Å²) in [6.07, 6.45) is 0. The van der Waals surface area contributed by atoms with Gasteiger partial charge in [-0.15, -0.1) is 11.8 Å². The predicted octanol–water partition coefficient (Wildman–Crippen LogP) is 6.89. The van der Waals surface area contributed by atoms with Crippen LogP contribution in [0.3, 0.4) is 0 Å². The maximum atomic E-state index is 12.9. The standard InChI is InChI=1S/C22H13Cl4N3O6S/c23-17-15(16(22(32)33)18(24)20(26)19(17)25)21(31)28-11-2-1-3-13(8-11)36-9-14(30)27-10-4-6-12(7-5-10)29(34)35/h1-8H,9H2,(H,27,30)(H,28,31)(H,32,33). The van der Waals surface area contributed by atoms with Crippen LogP contribution in [0.1, 0.15) is 20.7 Å². The number of nitro groups is 1. The molecule has 0 radical (unpaired) electrons. The Kier molecular flexibility index (Phi) is 9.04. The van der Waals surface area contributed by atoms with Crippen LogP contribution in [0.2, 0.25) is 20.1 Å². The van der Waals surface area contributed by atoms with Crippen molar-refractivity contribution in [3.63, 3.8) is 0 Å². The van der Waals surface area contributed by atoms with Gasteiger partial charge >= 0.3 is 5.97 Å². The molecule has 0 unspecified atom stereocenters. The van der Waals surface area contributed by atoms with Gasteiger partial charge in [0.1, 0.15) is 0 Å². The first kappa shape index (κ1) is 27.6. The topological polar surface area (TPSA) is 139 Å². The van der Waals surface area contributed by atoms with Crippen molar-refractivity contribution in [1.29, 1.82) is 0 Å². The minimum atomic E-state index is -1.52. The first-order chi connectivity index (χ1) is 17.0. The Balaban J connectivity index is 1.70. The van der Waals surface area contributed by atoms with Gasteiger partial charge in [0, 0.05) is 28.4 Å². The van der Waals surface area contributed by atoms with Gasteiger partial charge in [-0.1, -0.05) is 52.5 Å². The number of nitrogens with one attached hydrogen (secondary N) is 2. The third kappa shape index (κ3) is 6.40. The number of carbonyl (C=O) groups is 3. The summed E-state index contributed by atoms with van der Waals surface area (Å²) in [6.45, 7) is 0. The summed E-state index contributed by atoms with van der Waals surface area (Å²) >= 11 is 25.2. The van der Waals surface area contributed by atoms with Crippen LogP contribution < -0.4 is 10.6 Å². The van der Waals surface area contributed by atoms with Gasteiger partial charge in [0.05, 0.1) is 41.9 Å². The number of halogens is 4. The molecule has 0 fully saturated rings. The Labute approximate surface area is 227 Å². The third-order valence-corrected chi connectivity index (χ3v) is 7.33. The van der Waals surface area contributed by atoms with E-state index in [0.29, 0.717) is 10.6 Å². The number of carbonyl (C=O) groups excluding carboxylic acids is 2. The van der Waals surface area contributed by atoms with Gasteiger partial charge in [0.2, 0.25) is 5.91 Å². The average molecular weight is 589 g/mol. The van der Waals surface area contributed by atoms with Crippen LogP contribution in [-0.2, 0) is 4.79 Å². The molecule has 3 aromatic rings. The molecule has 36 heavy (non-hydrogen) atoms. The molecule has 0 aliphatic carbocycles. The number of benzene rings is 3. The van der Waals surface area contributed by atoms with Crippen molar-refractivity contribution in [2.75, 3.05) is 16.4 Å². The van der Waals surface area contributed by atoms with E-state index in [1.54, 1.807) is 24.3 Å². The SMILES string of the molecule is O=C(CSc1cccc(NC(=O)c2c(Cl)c(Cl)c(Cl)c(Cl)c2C(=O)O)c1)Nc1ccc([N+](=O)[O-])cc1. The molecular formula is C22H13Cl4N3O6S. The summed E-state index contributed by atoms with van der Waals surface area (Å²) in [5.74, 6) is -2.75. The number of hydrogen-bond donors (Lipinski definition) is 3. The lowest BCUT2D eigenvalue weighted by Gasteiger charge is -2.14. The molecule has 3 rings (SSSR count). The van der Waals surface area contributed by atoms with Crippen molar-refractivity contribution in [1.82, 2.24) is 0 Å². The van der Waals surface area contributed by atoms with E-state index in [2.05, 4.69) is 10.6 Å². The highest BCUT2D eigenvalue weighted by molar-refractivity contribution is 8.00. The van der Waals surface area contributed by atoms with Crippen LogP contribution in [0.15, 0.2) is 53.4 Å². The maximum absolute atomic E-state index is 12.9. The highest BCUT2D eigenvalue weighted by Crippen LogP contribution is 2.42. The molecule has 3 N–H and O–H groups in total. The monoisotopic (exact) mass is 587 g/mol. The van der Waals surface area contributed by atoms with Crippen LogP contribution in [0.4, 0.5) is 17.1 Å². The van der Waals surface area contributed by atoms with Gasteiger partial charge in [0.25, 0.3) is 11.6 Å². The number of rotatable bonds is 8. The summed E-state index contributed by atoms with van der Waals surface area (Å²) in [5.41, 5.74) is -0.457. The summed E-state index contributed by atoms with van der Waals surface area (Å²) in [7, 11) is 0. The lowest BCUT2D eigenvalue weighted by atomic mass is 10.1. The van der Waals surface area contributed by atoms with Gasteiger partial charge in [0.15, 0.2) is 0 Å². The van der Waals surface area contributed by atoms with Crippen LogP contribution in [-0.4, -0.2) is 33.6 Å². The van der Waals surface area contributed by atoms with Crippen LogP contribution in [0.25, 0.3) is 0 Å². The van der Waals surface area contributed by atoms with Crippen LogP contribution in [0, 0.1) is 10.1 Å². The number of thioether (sulfide) groups is 1. The zero-order chi connectivity index (χ0) is 26.6. The largest absolute Gasteiger partial charge is 0.478 e. The van der Waals surface area contributed by atoms with E-state index < -0.39 is 32.9 Å². The minimum Gasteiger partial charge on any atom is -0.478 e. The Morgan fingerprint density at radius 2 is 1.47 bits per heavy atom. The average Bonchev–Trinajstić information content (AvgIpc) is 2.83. The molecule has 2 amide bonds. The van der Waals surface area contributed by atoms with E-state index in [0.717, 1.165) is 11.8 Å². The molecule has 186 valence electrons. The molecule has 0 saturated carbocycles. The Morgan fingerprint density at radius 1 is 0.861 bits per heavy atom. The van der Waals surface area contributed by atoms with Crippen molar-refractivity contribution >= 4 is 93.0 Å². The Bertz CT molecular complexity index is 1390.